The van der Waals surface area contributed by atoms with E-state index in [1.54, 1.807) is 0 Å². The van der Waals surface area contributed by atoms with E-state index in [9.17, 15) is 4.79 Å². The fraction of sp³-hybridized carbons (Fsp3) is 0.850. The smallest absolute Gasteiger partial charge is 0.333 e. The van der Waals surface area contributed by atoms with Crippen LogP contribution in [0.5, 0.6) is 0 Å². The fourth-order valence-electron chi connectivity index (χ4n) is 4.97. The van der Waals surface area contributed by atoms with Gasteiger partial charge in [0.15, 0.2) is 0 Å². The molecule has 4 nitrogen and oxygen atoms in total. The third-order valence-corrected chi connectivity index (χ3v) is 7.04. The van der Waals surface area contributed by atoms with Crippen molar-refractivity contribution >= 4 is 5.97 Å². The van der Waals surface area contributed by atoms with Gasteiger partial charge < -0.3 is 4.74 Å². The predicted octanol–water partition coefficient (Wildman–Crippen LogP) is 4.84. The van der Waals surface area contributed by atoms with Crippen LogP contribution < -0.4 is 0 Å². The third-order valence-electron chi connectivity index (χ3n) is 7.04. The molecule has 0 aromatic heterocycles. The van der Waals surface area contributed by atoms with Crippen LogP contribution in [0.1, 0.15) is 67.2 Å². The summed E-state index contributed by atoms with van der Waals surface area (Å²) in [5, 5.41) is 8.48. The molecule has 2 aliphatic rings. The first kappa shape index (κ1) is 19.5. The maximum Gasteiger partial charge on any atom is 0.333 e. The van der Waals surface area contributed by atoms with Crippen molar-refractivity contribution in [1.29, 1.82) is 0 Å². The number of fused-ring (bicyclic) bond motifs is 2. The van der Waals surface area contributed by atoms with E-state index in [1.807, 2.05) is 20.8 Å². The van der Waals surface area contributed by atoms with Crippen LogP contribution in [0.15, 0.2) is 11.6 Å². The first-order chi connectivity index (χ1) is 11.1. The van der Waals surface area contributed by atoms with Gasteiger partial charge in [-0.1, -0.05) is 33.8 Å². The molecule has 0 amide bonds. The number of ether oxygens (including phenoxy) is 1. The molecule has 0 aromatic rings. The number of allylic oxidation sites excluding steroid dienone is 1. The second kappa shape index (κ2) is 7.17. The average Bonchev–Trinajstić information content (AvgIpc) is 2.80. The van der Waals surface area contributed by atoms with E-state index in [0.717, 1.165) is 11.5 Å². The lowest BCUT2D eigenvalue weighted by Crippen LogP contribution is -2.31. The third kappa shape index (κ3) is 3.55. The summed E-state index contributed by atoms with van der Waals surface area (Å²) in [5.41, 5.74) is 1.37. The number of carbonyl (C=O) groups is 1. The normalized spacial score (nSPS) is 34.2. The molecule has 0 saturated heterocycles. The Morgan fingerprint density at radius 1 is 1.33 bits per heavy atom. The van der Waals surface area contributed by atoms with E-state index < -0.39 is 0 Å². The Balaban J connectivity index is 1.95. The Hall–Kier alpha value is -0.870. The minimum absolute atomic E-state index is 0.146. The van der Waals surface area contributed by atoms with E-state index in [1.165, 1.54) is 19.3 Å². The second-order valence-corrected chi connectivity index (χ2v) is 8.92. The number of carbonyl (C=O) groups excluding carboxylic acids is 1. The van der Waals surface area contributed by atoms with Crippen LogP contribution in [-0.2, 0) is 14.4 Å². The molecule has 0 heterocycles. The molecule has 0 radical (unpaired) electrons. The van der Waals surface area contributed by atoms with Crippen molar-refractivity contribution in [3.63, 3.8) is 0 Å². The molecule has 3 unspecified atom stereocenters. The van der Waals surface area contributed by atoms with Crippen LogP contribution in [0.2, 0.25) is 0 Å². The highest BCUT2D eigenvalue weighted by Crippen LogP contribution is 2.68. The van der Waals surface area contributed by atoms with Crippen LogP contribution in [0.4, 0.5) is 0 Å². The maximum absolute atomic E-state index is 12.4. The van der Waals surface area contributed by atoms with E-state index >= 15 is 0 Å². The zero-order valence-corrected chi connectivity index (χ0v) is 16.1. The lowest BCUT2D eigenvalue weighted by atomic mass is 9.66. The van der Waals surface area contributed by atoms with Gasteiger partial charge in [-0.2, -0.15) is 0 Å². The average molecular weight is 338 g/mol. The molecule has 2 rings (SSSR count). The van der Waals surface area contributed by atoms with Crippen LogP contribution in [0, 0.1) is 28.6 Å². The molecule has 2 saturated carbocycles. The van der Waals surface area contributed by atoms with Crippen LogP contribution in [-0.4, -0.2) is 23.9 Å². The number of hydrogen-bond acceptors (Lipinski definition) is 4. The van der Waals surface area contributed by atoms with Gasteiger partial charge in [0.1, 0.15) is 0 Å². The highest BCUT2D eigenvalue weighted by atomic mass is 17.1. The molecular formula is C20H34O4. The van der Waals surface area contributed by atoms with Crippen LogP contribution in [0.25, 0.3) is 0 Å². The van der Waals surface area contributed by atoms with Crippen molar-refractivity contribution in [2.24, 2.45) is 28.6 Å². The molecule has 138 valence electrons. The Morgan fingerprint density at radius 3 is 2.50 bits per heavy atom. The Bertz CT molecular complexity index is 496. The quantitative estimate of drug-likeness (QED) is 0.312. The Kier molecular flexibility index (Phi) is 5.81. The summed E-state index contributed by atoms with van der Waals surface area (Å²) in [6.07, 6.45) is 6.42. The van der Waals surface area contributed by atoms with E-state index in [0.29, 0.717) is 17.8 Å². The van der Waals surface area contributed by atoms with Gasteiger partial charge in [0, 0.05) is 5.57 Å². The van der Waals surface area contributed by atoms with Crippen molar-refractivity contribution in [2.75, 3.05) is 6.61 Å². The number of esters is 1. The molecule has 2 fully saturated rings. The van der Waals surface area contributed by atoms with Gasteiger partial charge in [-0.15, -0.1) is 0 Å². The molecule has 0 spiro atoms. The molecular weight excluding hydrogens is 304 g/mol. The molecule has 24 heavy (non-hydrogen) atoms. The number of rotatable bonds is 7. The summed E-state index contributed by atoms with van der Waals surface area (Å²) in [5.74, 6) is 1.16. The lowest BCUT2D eigenvalue weighted by molar-refractivity contribution is -0.251. The van der Waals surface area contributed by atoms with E-state index in [4.69, 9.17) is 9.99 Å². The molecule has 5 atom stereocenters. The van der Waals surface area contributed by atoms with Crippen LogP contribution >= 0.6 is 0 Å². The van der Waals surface area contributed by atoms with Gasteiger partial charge in [-0.3, -0.25) is 5.26 Å². The summed E-state index contributed by atoms with van der Waals surface area (Å²) in [4.78, 5) is 16.5. The van der Waals surface area contributed by atoms with Crippen molar-refractivity contribution < 1.29 is 19.7 Å². The minimum Gasteiger partial charge on any atom is -0.459 e. The summed E-state index contributed by atoms with van der Waals surface area (Å²) >= 11 is 0. The SMILES string of the molecule is CC(=CC1C[C@H]2CC[C@@]1(C)C2(C)C)C(=O)OC(C)CC(C)COO. The summed E-state index contributed by atoms with van der Waals surface area (Å²) < 4.78 is 5.56. The summed E-state index contributed by atoms with van der Waals surface area (Å²) in [7, 11) is 0. The van der Waals surface area contributed by atoms with Gasteiger partial charge >= 0.3 is 5.97 Å². The zero-order valence-electron chi connectivity index (χ0n) is 16.1. The number of hydrogen-bond donors (Lipinski definition) is 1. The lowest BCUT2D eigenvalue weighted by Gasteiger charge is -2.38. The highest BCUT2D eigenvalue weighted by molar-refractivity contribution is 5.87. The van der Waals surface area contributed by atoms with Crippen molar-refractivity contribution in [3.05, 3.63) is 11.6 Å². The predicted molar refractivity (Wildman–Crippen MR) is 94.4 cm³/mol. The van der Waals surface area contributed by atoms with Gasteiger partial charge in [0.2, 0.25) is 0 Å². The summed E-state index contributed by atoms with van der Waals surface area (Å²) in [6.45, 7) is 13.1. The second-order valence-electron chi connectivity index (χ2n) is 8.92. The summed E-state index contributed by atoms with van der Waals surface area (Å²) in [6, 6.07) is 0. The van der Waals surface area contributed by atoms with Gasteiger partial charge in [-0.25, -0.2) is 9.68 Å². The molecule has 2 bridgehead atoms. The van der Waals surface area contributed by atoms with Gasteiger partial charge in [0.05, 0.1) is 12.7 Å². The maximum atomic E-state index is 12.4. The van der Waals surface area contributed by atoms with E-state index in [2.05, 4.69) is 31.7 Å². The van der Waals surface area contributed by atoms with Crippen molar-refractivity contribution in [3.8, 4) is 0 Å². The zero-order chi connectivity index (χ0) is 18.1. The Morgan fingerprint density at radius 2 is 2.00 bits per heavy atom. The molecule has 1 N–H and O–H groups in total. The van der Waals surface area contributed by atoms with Gasteiger partial charge in [-0.05, 0) is 68.1 Å². The first-order valence-corrected chi connectivity index (χ1v) is 9.27. The van der Waals surface area contributed by atoms with Crippen LogP contribution in [0.3, 0.4) is 0 Å². The topological polar surface area (TPSA) is 55.8 Å². The van der Waals surface area contributed by atoms with Crippen molar-refractivity contribution in [1.82, 2.24) is 0 Å². The molecule has 0 aliphatic heterocycles. The van der Waals surface area contributed by atoms with Crippen molar-refractivity contribution in [2.45, 2.75) is 73.3 Å². The largest absolute Gasteiger partial charge is 0.459 e. The minimum atomic E-state index is -0.219. The fourth-order valence-corrected chi connectivity index (χ4v) is 4.97. The first-order valence-electron chi connectivity index (χ1n) is 9.27. The van der Waals surface area contributed by atoms with Gasteiger partial charge in [0.25, 0.3) is 0 Å². The molecule has 4 heteroatoms. The molecule has 2 aliphatic carbocycles. The molecule has 0 aromatic carbocycles. The highest BCUT2D eigenvalue weighted by Gasteiger charge is 2.60. The van der Waals surface area contributed by atoms with E-state index in [-0.39, 0.29) is 30.0 Å². The standard InChI is InChI=1S/C20H34O4/c1-13(12-23-22)9-15(3)24-18(21)14(2)10-17-11-16-7-8-20(17,6)19(16,4)5/h10,13,15-17,22H,7-9,11-12H2,1-6H3/t13?,15?,16-,17?,20-/m1/s1. The Labute approximate surface area is 146 Å². The monoisotopic (exact) mass is 338 g/mol.